The van der Waals surface area contributed by atoms with Gasteiger partial charge in [-0.1, -0.05) is 49.1 Å². The molecular weight excluding hydrogens is 454 g/mol. The van der Waals surface area contributed by atoms with Crippen LogP contribution in [0, 0.1) is 29.1 Å². The van der Waals surface area contributed by atoms with Gasteiger partial charge in [-0.2, -0.15) is 0 Å². The van der Waals surface area contributed by atoms with Gasteiger partial charge in [0.05, 0.1) is 9.75 Å². The summed E-state index contributed by atoms with van der Waals surface area (Å²) < 4.78 is 0. The van der Waals surface area contributed by atoms with Gasteiger partial charge in [-0.05, 0) is 86.7 Å². The van der Waals surface area contributed by atoms with Gasteiger partial charge < -0.3 is 5.32 Å². The van der Waals surface area contributed by atoms with Gasteiger partial charge in [0.25, 0.3) is 0 Å². The third-order valence-corrected chi connectivity index (χ3v) is 10.1. The maximum absolute atomic E-state index is 13.8. The summed E-state index contributed by atoms with van der Waals surface area (Å²) in [4.78, 5) is 18.2. The first-order valence-electron chi connectivity index (χ1n) is 12.6. The number of Topliss-reactive ketones (excluding diaryl/α,β-unsaturated/α-hetero) is 1. The Bertz CT molecular complexity index is 1170. The van der Waals surface area contributed by atoms with Gasteiger partial charge in [0.15, 0.2) is 5.78 Å². The third kappa shape index (κ3) is 5.08. The lowest BCUT2D eigenvalue weighted by Gasteiger charge is -2.44. The number of carbonyl (C=O) groups is 1. The molecule has 34 heavy (non-hydrogen) atoms. The van der Waals surface area contributed by atoms with Crippen LogP contribution in [0.25, 0.3) is 9.75 Å². The fraction of sp³-hybridized carbons (Fsp3) is 0.433. The summed E-state index contributed by atoms with van der Waals surface area (Å²) in [6, 6.07) is 19.1. The Morgan fingerprint density at radius 2 is 1.76 bits per heavy atom. The molecule has 0 bridgehead atoms. The fourth-order valence-electron chi connectivity index (χ4n) is 6.19. The lowest BCUT2D eigenvalue weighted by atomic mass is 9.60. The Balaban J connectivity index is 1.25. The largest absolute Gasteiger partial charge is 0.312 e. The molecule has 2 nitrogen and oxygen atoms in total. The van der Waals surface area contributed by atoms with Crippen molar-refractivity contribution in [3.63, 3.8) is 0 Å². The molecule has 1 N–H and O–H groups in total. The molecule has 2 heterocycles. The van der Waals surface area contributed by atoms with Crippen molar-refractivity contribution in [1.82, 2.24) is 5.32 Å². The van der Waals surface area contributed by atoms with Gasteiger partial charge in [-0.3, -0.25) is 4.79 Å². The molecule has 4 heteroatoms. The molecule has 0 aliphatic heterocycles. The summed E-state index contributed by atoms with van der Waals surface area (Å²) in [5.41, 5.74) is 1.56. The van der Waals surface area contributed by atoms with Crippen LogP contribution in [0.1, 0.15) is 72.0 Å². The number of rotatable bonds is 7. The first-order chi connectivity index (χ1) is 16.7. The van der Waals surface area contributed by atoms with Crippen LogP contribution in [-0.2, 0) is 6.54 Å². The number of nitrogens with one attached hydrogen (secondary N) is 1. The van der Waals surface area contributed by atoms with E-state index in [1.54, 1.807) is 22.7 Å². The maximum atomic E-state index is 13.8. The highest BCUT2D eigenvalue weighted by molar-refractivity contribution is 7.23. The molecule has 1 spiro atoms. The van der Waals surface area contributed by atoms with Crippen LogP contribution in [0.15, 0.2) is 54.6 Å². The minimum absolute atomic E-state index is 0.191. The predicted molar refractivity (Wildman–Crippen MR) is 144 cm³/mol. The van der Waals surface area contributed by atoms with Gasteiger partial charge in [-0.25, -0.2) is 0 Å². The monoisotopic (exact) mass is 487 g/mol. The Morgan fingerprint density at radius 3 is 2.56 bits per heavy atom. The normalized spacial score (nSPS) is 21.3. The van der Waals surface area contributed by atoms with Crippen LogP contribution < -0.4 is 5.32 Å². The molecule has 3 aromatic rings. The minimum atomic E-state index is 0.191. The van der Waals surface area contributed by atoms with E-state index in [-0.39, 0.29) is 11.3 Å². The van der Waals surface area contributed by atoms with Crippen LogP contribution >= 0.6 is 22.7 Å². The van der Waals surface area contributed by atoms with Crippen molar-refractivity contribution in [3.05, 3.63) is 69.9 Å². The van der Waals surface area contributed by atoms with E-state index in [1.165, 1.54) is 47.4 Å². The Kier molecular flexibility index (Phi) is 7.34. The minimum Gasteiger partial charge on any atom is -0.312 e. The highest BCUT2D eigenvalue weighted by Gasteiger charge is 2.48. The molecule has 2 atom stereocenters. The van der Waals surface area contributed by atoms with Gasteiger partial charge in [0, 0.05) is 22.2 Å². The molecule has 2 saturated carbocycles. The highest BCUT2D eigenvalue weighted by Crippen LogP contribution is 2.55. The quantitative estimate of drug-likeness (QED) is 0.272. The molecule has 5 rings (SSSR count). The van der Waals surface area contributed by atoms with Gasteiger partial charge in [0.1, 0.15) is 0 Å². The summed E-state index contributed by atoms with van der Waals surface area (Å²) in [6.07, 6.45) is 8.40. The zero-order valence-corrected chi connectivity index (χ0v) is 21.6. The highest BCUT2D eigenvalue weighted by atomic mass is 32.1. The Hall–Kier alpha value is -2.19. The smallest absolute Gasteiger partial charge is 0.176 e. The molecule has 2 aliphatic rings. The maximum Gasteiger partial charge on any atom is 0.176 e. The number of ketones is 1. The molecule has 2 unspecified atom stereocenters. The number of benzene rings is 1. The second kappa shape index (κ2) is 10.6. The molecule has 0 amide bonds. The standard InChI is InChI=1S/C30H33NOS2/c1-2-8-24-12-14-26(33-24)27-15-16-28(34-27)29(32)25-13-11-23(19-30(25)17-6-7-18-30)21-31-20-22-9-4-3-5-10-22/h3-5,9-10,12,14-16,23,25,31H,6-7,11,13,17-21H2,1H3. The molecule has 176 valence electrons. The average molecular weight is 488 g/mol. The van der Waals surface area contributed by atoms with Gasteiger partial charge in [0.2, 0.25) is 0 Å². The summed E-state index contributed by atoms with van der Waals surface area (Å²) in [5, 5.41) is 3.69. The second-order valence-electron chi connectivity index (χ2n) is 9.95. The lowest BCUT2D eigenvalue weighted by Crippen LogP contribution is -2.41. The van der Waals surface area contributed by atoms with Crippen LogP contribution in [0.4, 0.5) is 0 Å². The molecule has 1 aromatic carbocycles. The van der Waals surface area contributed by atoms with E-state index in [2.05, 4.69) is 71.8 Å². The second-order valence-corrected chi connectivity index (χ2v) is 12.1. The summed E-state index contributed by atoms with van der Waals surface area (Å²) >= 11 is 3.39. The Morgan fingerprint density at radius 1 is 1.00 bits per heavy atom. The molecule has 2 fully saturated rings. The van der Waals surface area contributed by atoms with Crippen LogP contribution in [-0.4, -0.2) is 12.3 Å². The average Bonchev–Trinajstić information content (AvgIpc) is 3.61. The molecule has 2 aliphatic carbocycles. The zero-order chi connectivity index (χ0) is 23.4. The first kappa shape index (κ1) is 23.5. The predicted octanol–water partition coefficient (Wildman–Crippen LogP) is 7.80. The number of carbonyl (C=O) groups excluding carboxylic acids is 1. The van der Waals surface area contributed by atoms with Crippen LogP contribution in [0.2, 0.25) is 0 Å². The Labute approximate surface area is 211 Å². The topological polar surface area (TPSA) is 29.1 Å². The third-order valence-electron chi connectivity index (χ3n) is 7.76. The van der Waals surface area contributed by atoms with Crippen molar-refractivity contribution in [2.75, 3.05) is 6.54 Å². The van der Waals surface area contributed by atoms with Gasteiger partial charge in [-0.15, -0.1) is 28.6 Å². The number of thiophene rings is 2. The number of hydrogen-bond acceptors (Lipinski definition) is 4. The van der Waals surface area contributed by atoms with E-state index in [0.29, 0.717) is 11.7 Å². The first-order valence-corrected chi connectivity index (χ1v) is 14.2. The zero-order valence-electron chi connectivity index (χ0n) is 19.9. The molecule has 0 radical (unpaired) electrons. The van der Waals surface area contributed by atoms with Crippen LogP contribution in [0.3, 0.4) is 0 Å². The van der Waals surface area contributed by atoms with E-state index in [0.717, 1.165) is 35.7 Å². The van der Waals surface area contributed by atoms with E-state index < -0.39 is 0 Å². The van der Waals surface area contributed by atoms with E-state index >= 15 is 0 Å². The van der Waals surface area contributed by atoms with E-state index in [1.807, 2.05) is 6.92 Å². The van der Waals surface area contributed by atoms with Crippen molar-refractivity contribution in [3.8, 4) is 21.6 Å². The molecular formula is C30H33NOS2. The van der Waals surface area contributed by atoms with Crippen molar-refractivity contribution in [2.24, 2.45) is 17.3 Å². The van der Waals surface area contributed by atoms with Gasteiger partial charge >= 0.3 is 0 Å². The van der Waals surface area contributed by atoms with Crippen molar-refractivity contribution >= 4 is 28.5 Å². The number of hydrogen-bond donors (Lipinski definition) is 1. The molecule has 0 saturated heterocycles. The lowest BCUT2D eigenvalue weighted by molar-refractivity contribution is 0.0471. The van der Waals surface area contributed by atoms with Crippen molar-refractivity contribution in [1.29, 1.82) is 0 Å². The van der Waals surface area contributed by atoms with Crippen molar-refractivity contribution in [2.45, 2.75) is 58.4 Å². The fourth-order valence-corrected chi connectivity index (χ4v) is 8.20. The summed E-state index contributed by atoms with van der Waals surface area (Å²) in [5.74, 6) is 7.38. The van der Waals surface area contributed by atoms with Crippen LogP contribution in [0.5, 0.6) is 0 Å². The summed E-state index contributed by atoms with van der Waals surface area (Å²) in [7, 11) is 0. The van der Waals surface area contributed by atoms with E-state index in [4.69, 9.17) is 0 Å². The SMILES string of the molecule is CC#Cc1ccc(-c2ccc(C(=O)C3CCC(CNCc4ccccc4)CC34CCCC4)s2)s1. The summed E-state index contributed by atoms with van der Waals surface area (Å²) in [6.45, 7) is 3.86. The van der Waals surface area contributed by atoms with Crippen molar-refractivity contribution < 1.29 is 4.79 Å². The van der Waals surface area contributed by atoms with E-state index in [9.17, 15) is 4.79 Å². The molecule has 2 aromatic heterocycles.